The van der Waals surface area contributed by atoms with Crippen LogP contribution in [-0.2, 0) is 11.2 Å². The summed E-state index contributed by atoms with van der Waals surface area (Å²) in [7, 11) is 1.16. The number of ketones is 1. The van der Waals surface area contributed by atoms with Gasteiger partial charge in [0.05, 0.1) is 22.3 Å². The minimum absolute atomic E-state index is 0.227. The molecule has 0 aliphatic rings. The lowest BCUT2D eigenvalue weighted by atomic mass is 9.85. The van der Waals surface area contributed by atoms with E-state index < -0.39 is 134 Å². The smallest absolute Gasteiger partial charge is 0.430 e. The number of hydrogen-bond donors (Lipinski definition) is 6. The van der Waals surface area contributed by atoms with Crippen molar-refractivity contribution < 1.29 is 102 Å². The van der Waals surface area contributed by atoms with Gasteiger partial charge in [0.25, 0.3) is 17.1 Å². The molecule has 55 heavy (non-hydrogen) atoms. The summed E-state index contributed by atoms with van der Waals surface area (Å²) in [5, 5.41) is 43.0. The van der Waals surface area contributed by atoms with Crippen molar-refractivity contribution in [2.45, 2.75) is 42.8 Å². The van der Waals surface area contributed by atoms with E-state index >= 15 is 0 Å². The molecule has 6 N–H and O–H groups in total. The minimum atomic E-state index is -6.91. The molecule has 0 radical (unpaired) electrons. The molecule has 3 rings (SSSR count). The fourth-order valence-electron chi connectivity index (χ4n) is 4.81. The third-order valence-electron chi connectivity index (χ3n) is 7.55. The van der Waals surface area contributed by atoms with E-state index in [-0.39, 0.29) is 5.69 Å². The maximum absolute atomic E-state index is 13.7. The number of amides is 1. The van der Waals surface area contributed by atoms with Crippen LogP contribution in [0.25, 0.3) is 0 Å². The van der Waals surface area contributed by atoms with Crippen molar-refractivity contribution in [3.05, 3.63) is 87.5 Å². The fraction of sp³-hybridized carbons (Fsp3) is 0.258. The summed E-state index contributed by atoms with van der Waals surface area (Å²) in [6.45, 7) is 0.871. The second kappa shape index (κ2) is 14.4. The SMILES string of the molecule is CNc1cc(NC(=O)c2cc(C(C)=O)c(C(=O)O)cc2C(=O)O)cc(C(=O)Oc2cc(C(O)(C(F)(F)F)C(F)(F)F)cc(C(O)(C(F)(F)F)C(F)(F)F)c2)c1. The van der Waals surface area contributed by atoms with Gasteiger partial charge in [0.2, 0.25) is 0 Å². The van der Waals surface area contributed by atoms with Crippen molar-refractivity contribution in [2.24, 2.45) is 0 Å². The van der Waals surface area contributed by atoms with Crippen molar-refractivity contribution in [1.82, 2.24) is 0 Å². The van der Waals surface area contributed by atoms with Gasteiger partial charge in [-0.3, -0.25) is 9.59 Å². The lowest BCUT2D eigenvalue weighted by Crippen LogP contribution is -2.55. The normalized spacial score (nSPS) is 12.9. The topological polar surface area (TPSA) is 200 Å². The van der Waals surface area contributed by atoms with Crippen LogP contribution in [-0.4, -0.2) is 81.8 Å². The lowest BCUT2D eigenvalue weighted by molar-refractivity contribution is -0.378. The summed E-state index contributed by atoms with van der Waals surface area (Å²) >= 11 is 0. The first-order valence-electron chi connectivity index (χ1n) is 14.2. The number of benzene rings is 3. The second-order valence-electron chi connectivity index (χ2n) is 11.2. The molecular weight excluding hydrogens is 788 g/mol. The third kappa shape index (κ3) is 8.13. The zero-order valence-corrected chi connectivity index (χ0v) is 26.9. The van der Waals surface area contributed by atoms with Crippen LogP contribution < -0.4 is 15.4 Å². The molecule has 0 saturated carbocycles. The van der Waals surface area contributed by atoms with E-state index in [9.17, 15) is 97.1 Å². The van der Waals surface area contributed by atoms with Gasteiger partial charge in [-0.1, -0.05) is 0 Å². The van der Waals surface area contributed by atoms with E-state index in [1.807, 2.05) is 0 Å². The number of esters is 1. The highest BCUT2D eigenvalue weighted by Crippen LogP contribution is 2.54. The molecule has 0 fully saturated rings. The van der Waals surface area contributed by atoms with Gasteiger partial charge in [-0.05, 0) is 55.5 Å². The maximum atomic E-state index is 13.7. The Kier molecular flexibility index (Phi) is 11.4. The Morgan fingerprint density at radius 3 is 1.35 bits per heavy atom. The zero-order chi connectivity index (χ0) is 42.4. The average molecular weight is 808 g/mol. The highest BCUT2D eigenvalue weighted by Gasteiger charge is 2.74. The van der Waals surface area contributed by atoms with Crippen LogP contribution in [0, 0.1) is 0 Å². The molecule has 3 aromatic rings. The van der Waals surface area contributed by atoms with Crippen LogP contribution in [0.3, 0.4) is 0 Å². The summed E-state index contributed by atoms with van der Waals surface area (Å²) in [6.07, 6.45) is -27.6. The highest BCUT2D eigenvalue weighted by molar-refractivity contribution is 6.15. The van der Waals surface area contributed by atoms with Crippen molar-refractivity contribution in [2.75, 3.05) is 17.7 Å². The van der Waals surface area contributed by atoms with Gasteiger partial charge >= 0.3 is 42.6 Å². The van der Waals surface area contributed by atoms with Gasteiger partial charge < -0.3 is 35.8 Å². The first-order valence-corrected chi connectivity index (χ1v) is 14.2. The number of aromatic carboxylic acids is 2. The number of hydrogen-bond acceptors (Lipinski definition) is 9. The number of Topliss-reactive ketones (excluding diaryl/α,β-unsaturated/α-hetero) is 1. The first kappa shape index (κ1) is 43.5. The number of anilines is 2. The largest absolute Gasteiger partial charge is 0.478 e. The Morgan fingerprint density at radius 2 is 0.964 bits per heavy atom. The van der Waals surface area contributed by atoms with E-state index in [2.05, 4.69) is 15.4 Å². The first-order chi connectivity index (χ1) is 24.8. The third-order valence-corrected chi connectivity index (χ3v) is 7.55. The van der Waals surface area contributed by atoms with Gasteiger partial charge in [0.1, 0.15) is 5.75 Å². The molecule has 0 unspecified atom stereocenters. The molecule has 0 aliphatic carbocycles. The van der Waals surface area contributed by atoms with Crippen LogP contribution in [0.4, 0.5) is 64.1 Å². The number of alkyl halides is 12. The molecule has 12 nitrogen and oxygen atoms in total. The molecule has 0 heterocycles. The molecule has 1 amide bonds. The minimum Gasteiger partial charge on any atom is -0.478 e. The second-order valence-corrected chi connectivity index (χ2v) is 11.2. The van der Waals surface area contributed by atoms with E-state index in [0.29, 0.717) is 18.2 Å². The molecule has 0 atom stereocenters. The number of aliphatic hydroxyl groups is 2. The van der Waals surface area contributed by atoms with E-state index in [4.69, 9.17) is 0 Å². The fourth-order valence-corrected chi connectivity index (χ4v) is 4.81. The molecule has 3 aromatic carbocycles. The number of carbonyl (C=O) groups excluding carboxylic acids is 3. The number of carboxylic acid groups (broad SMARTS) is 2. The Labute approximate surface area is 296 Å². The summed E-state index contributed by atoms with van der Waals surface area (Å²) in [5.74, 6) is -9.90. The van der Waals surface area contributed by atoms with Crippen molar-refractivity contribution >= 4 is 41.0 Å². The number of nitrogens with one attached hydrogen (secondary N) is 2. The number of carbonyl (C=O) groups is 5. The molecule has 0 aliphatic heterocycles. The molecular formula is C31H20F12N2O10. The van der Waals surface area contributed by atoms with Gasteiger partial charge in [0.15, 0.2) is 5.78 Å². The molecule has 24 heteroatoms. The molecule has 298 valence electrons. The Balaban J connectivity index is 2.23. The predicted octanol–water partition coefficient (Wildman–Crippen LogP) is 6.42. The Bertz CT molecular complexity index is 1990. The Hall–Kier alpha value is -5.91. The van der Waals surface area contributed by atoms with Gasteiger partial charge in [0, 0.05) is 35.1 Å². The van der Waals surface area contributed by atoms with Crippen LogP contribution >= 0.6 is 0 Å². The summed E-state index contributed by atoms with van der Waals surface area (Å²) in [5.41, 5.74) is -23.0. The maximum Gasteiger partial charge on any atom is 0.430 e. The highest BCUT2D eigenvalue weighted by atomic mass is 19.4. The lowest BCUT2D eigenvalue weighted by Gasteiger charge is -2.36. The van der Waals surface area contributed by atoms with Crippen LogP contribution in [0.5, 0.6) is 5.75 Å². The van der Waals surface area contributed by atoms with Crippen molar-refractivity contribution in [1.29, 1.82) is 0 Å². The van der Waals surface area contributed by atoms with Crippen LogP contribution in [0.1, 0.15) is 69.8 Å². The number of ether oxygens (including phenoxy) is 1. The van der Waals surface area contributed by atoms with Gasteiger partial charge in [-0.2, -0.15) is 52.7 Å². The van der Waals surface area contributed by atoms with E-state index in [1.54, 1.807) is 0 Å². The van der Waals surface area contributed by atoms with Gasteiger partial charge in [-0.15, -0.1) is 0 Å². The number of rotatable bonds is 10. The monoisotopic (exact) mass is 808 g/mol. The quantitative estimate of drug-likeness (QED) is 0.0572. The van der Waals surface area contributed by atoms with Crippen molar-refractivity contribution in [3.63, 3.8) is 0 Å². The number of halogens is 12. The van der Waals surface area contributed by atoms with E-state index in [0.717, 1.165) is 26.1 Å². The molecule has 0 aromatic heterocycles. The van der Waals surface area contributed by atoms with E-state index in [1.165, 1.54) is 0 Å². The summed E-state index contributed by atoms with van der Waals surface area (Å²) < 4.78 is 169. The van der Waals surface area contributed by atoms with Crippen LogP contribution in [0.15, 0.2) is 48.5 Å². The molecule has 0 bridgehead atoms. The predicted molar refractivity (Wildman–Crippen MR) is 158 cm³/mol. The summed E-state index contributed by atoms with van der Waals surface area (Å²) in [4.78, 5) is 61.7. The summed E-state index contributed by atoms with van der Waals surface area (Å²) in [6, 6.07) is 1.13. The van der Waals surface area contributed by atoms with Gasteiger partial charge in [-0.25, -0.2) is 14.4 Å². The molecule has 0 spiro atoms. The number of carboxylic acids is 2. The average Bonchev–Trinajstić information content (AvgIpc) is 3.04. The van der Waals surface area contributed by atoms with Crippen LogP contribution in [0.2, 0.25) is 0 Å². The zero-order valence-electron chi connectivity index (χ0n) is 26.9. The standard InChI is InChI=1S/C31H20F12N2O10/c1-11(46)18-9-19(21(24(50)51)10-20(18)23(48)49)22(47)45-16-4-12(3-15(8-16)44-2)25(52)55-17-6-13(26(53,28(32,33)34)29(35,36)37)5-14(7-17)27(54,30(38,39)40)31(41,42)43/h3-10,44,53-54H,1-2H3,(H,45,47)(H,48,49)(H,50,51). The molecule has 0 saturated heterocycles. The van der Waals surface area contributed by atoms with Crippen molar-refractivity contribution in [3.8, 4) is 5.75 Å². The Morgan fingerprint density at radius 1 is 0.564 bits per heavy atom.